The maximum Gasteiger partial charge on any atom is 0.343 e. The van der Waals surface area contributed by atoms with Gasteiger partial charge in [0.05, 0.1) is 13.2 Å². The number of nitrogens with one attached hydrogen (secondary N) is 1. The first-order valence-electron chi connectivity index (χ1n) is 4.58. The molecule has 15 heavy (non-hydrogen) atoms. The summed E-state index contributed by atoms with van der Waals surface area (Å²) in [6.07, 6.45) is 1.46. The second kappa shape index (κ2) is 4.10. The van der Waals surface area contributed by atoms with Crippen molar-refractivity contribution in [2.75, 3.05) is 0 Å². The Balaban J connectivity index is 2.18. The van der Waals surface area contributed by atoms with Crippen molar-refractivity contribution in [2.45, 2.75) is 13.2 Å². The number of benzene rings is 1. The van der Waals surface area contributed by atoms with Crippen LogP contribution in [0, 0.1) is 0 Å². The Morgan fingerprint density at radius 1 is 1.27 bits per heavy atom. The van der Waals surface area contributed by atoms with Crippen molar-refractivity contribution in [1.82, 2.24) is 14.8 Å². The molecule has 0 saturated carbocycles. The number of rotatable bonds is 3. The molecule has 0 fully saturated rings. The Hall–Kier alpha value is -1.88. The van der Waals surface area contributed by atoms with Gasteiger partial charge in [0.15, 0.2) is 0 Å². The van der Waals surface area contributed by atoms with Crippen LogP contribution in [0.2, 0.25) is 0 Å². The van der Waals surface area contributed by atoms with Crippen LogP contribution >= 0.6 is 0 Å². The lowest BCUT2D eigenvalue weighted by atomic mass is 10.1. The monoisotopic (exact) mass is 205 g/mol. The van der Waals surface area contributed by atoms with Gasteiger partial charge in [-0.15, -0.1) is 0 Å². The van der Waals surface area contributed by atoms with Crippen LogP contribution in [0.15, 0.2) is 35.4 Å². The Morgan fingerprint density at radius 2 is 1.93 bits per heavy atom. The van der Waals surface area contributed by atoms with E-state index in [1.54, 1.807) is 0 Å². The number of aromatic amines is 1. The third kappa shape index (κ3) is 2.13. The summed E-state index contributed by atoms with van der Waals surface area (Å²) in [5, 5.41) is 14.8. The minimum absolute atomic E-state index is 0.0337. The van der Waals surface area contributed by atoms with Crippen molar-refractivity contribution in [3.63, 3.8) is 0 Å². The zero-order valence-corrected chi connectivity index (χ0v) is 8.05. The summed E-state index contributed by atoms with van der Waals surface area (Å²) in [6, 6.07) is 7.43. The fourth-order valence-electron chi connectivity index (χ4n) is 1.33. The molecule has 5 nitrogen and oxygen atoms in total. The van der Waals surface area contributed by atoms with Crippen LogP contribution in [0.25, 0.3) is 0 Å². The number of aromatic nitrogens is 3. The largest absolute Gasteiger partial charge is 0.392 e. The van der Waals surface area contributed by atoms with Crippen LogP contribution < -0.4 is 5.69 Å². The van der Waals surface area contributed by atoms with E-state index in [-0.39, 0.29) is 12.3 Å². The van der Waals surface area contributed by atoms with E-state index in [4.69, 9.17) is 5.11 Å². The van der Waals surface area contributed by atoms with Gasteiger partial charge in [-0.25, -0.2) is 9.89 Å². The molecular formula is C10H11N3O2. The van der Waals surface area contributed by atoms with E-state index in [0.717, 1.165) is 11.1 Å². The van der Waals surface area contributed by atoms with Gasteiger partial charge in [0.25, 0.3) is 0 Å². The normalized spacial score (nSPS) is 10.5. The molecule has 0 aliphatic heterocycles. The summed E-state index contributed by atoms with van der Waals surface area (Å²) in [6.45, 7) is 0.521. The van der Waals surface area contributed by atoms with Gasteiger partial charge >= 0.3 is 5.69 Å². The molecule has 0 aliphatic carbocycles. The summed E-state index contributed by atoms with van der Waals surface area (Å²) in [5.41, 5.74) is 1.63. The number of hydrogen-bond donors (Lipinski definition) is 2. The average Bonchev–Trinajstić information content (AvgIpc) is 2.66. The molecule has 78 valence electrons. The number of H-pyrrole nitrogens is 1. The molecule has 0 saturated heterocycles. The highest BCUT2D eigenvalue weighted by Gasteiger charge is 1.98. The van der Waals surface area contributed by atoms with Gasteiger partial charge in [0.1, 0.15) is 6.33 Å². The van der Waals surface area contributed by atoms with Crippen LogP contribution in [0.5, 0.6) is 0 Å². The topological polar surface area (TPSA) is 70.9 Å². The molecule has 0 unspecified atom stereocenters. The first-order chi connectivity index (χ1) is 7.29. The first-order valence-corrected chi connectivity index (χ1v) is 4.58. The molecule has 2 rings (SSSR count). The van der Waals surface area contributed by atoms with Crippen LogP contribution in [0.3, 0.4) is 0 Å². The molecule has 1 heterocycles. The van der Waals surface area contributed by atoms with Crippen molar-refractivity contribution < 1.29 is 5.11 Å². The molecule has 2 N–H and O–H groups in total. The first kappa shape index (κ1) is 9.67. The van der Waals surface area contributed by atoms with Crippen molar-refractivity contribution in [3.8, 4) is 0 Å². The number of aliphatic hydroxyl groups is 1. The summed E-state index contributed by atoms with van der Waals surface area (Å²) in [4.78, 5) is 11.2. The molecular weight excluding hydrogens is 194 g/mol. The Labute approximate surface area is 86.0 Å². The summed E-state index contributed by atoms with van der Waals surface area (Å²) in [5.74, 6) is 0. The van der Waals surface area contributed by atoms with Crippen LogP contribution in [-0.2, 0) is 13.2 Å². The minimum atomic E-state index is -0.221. The fourth-order valence-corrected chi connectivity index (χ4v) is 1.33. The van der Waals surface area contributed by atoms with E-state index in [2.05, 4.69) is 10.2 Å². The number of nitrogens with zero attached hydrogens (tertiary/aromatic N) is 2. The maximum atomic E-state index is 11.2. The zero-order chi connectivity index (χ0) is 10.7. The lowest BCUT2D eigenvalue weighted by molar-refractivity contribution is 0.282. The van der Waals surface area contributed by atoms with Crippen LogP contribution in [0.4, 0.5) is 0 Å². The second-order valence-electron chi connectivity index (χ2n) is 3.26. The van der Waals surface area contributed by atoms with Gasteiger partial charge in [0.2, 0.25) is 0 Å². The molecule has 0 radical (unpaired) electrons. The Bertz CT molecular complexity index is 484. The van der Waals surface area contributed by atoms with Gasteiger partial charge in [-0.05, 0) is 11.1 Å². The molecule has 2 aromatic rings. The summed E-state index contributed by atoms with van der Waals surface area (Å²) in [7, 11) is 0. The van der Waals surface area contributed by atoms with Crippen molar-refractivity contribution in [3.05, 3.63) is 52.2 Å². The predicted molar refractivity (Wildman–Crippen MR) is 54.3 cm³/mol. The van der Waals surface area contributed by atoms with Crippen molar-refractivity contribution in [2.24, 2.45) is 0 Å². The quantitative estimate of drug-likeness (QED) is 0.747. The lowest BCUT2D eigenvalue weighted by Crippen LogP contribution is -2.16. The van der Waals surface area contributed by atoms with E-state index in [0.29, 0.717) is 6.54 Å². The van der Waals surface area contributed by atoms with Crippen LogP contribution in [-0.4, -0.2) is 19.9 Å². The molecule has 0 aliphatic rings. The van der Waals surface area contributed by atoms with E-state index < -0.39 is 0 Å². The highest BCUT2D eigenvalue weighted by molar-refractivity contribution is 5.22. The third-order valence-corrected chi connectivity index (χ3v) is 2.18. The van der Waals surface area contributed by atoms with Gasteiger partial charge in [0, 0.05) is 0 Å². The smallest absolute Gasteiger partial charge is 0.343 e. The van der Waals surface area contributed by atoms with Crippen LogP contribution in [0.1, 0.15) is 11.1 Å². The van der Waals surface area contributed by atoms with Gasteiger partial charge in [-0.1, -0.05) is 24.3 Å². The van der Waals surface area contributed by atoms with E-state index in [9.17, 15) is 4.79 Å². The molecule has 1 aromatic heterocycles. The molecule has 0 bridgehead atoms. The van der Waals surface area contributed by atoms with E-state index in [1.807, 2.05) is 24.3 Å². The van der Waals surface area contributed by atoms with Crippen molar-refractivity contribution in [1.29, 1.82) is 0 Å². The molecule has 0 atom stereocenters. The summed E-state index contributed by atoms with van der Waals surface area (Å²) < 4.78 is 1.48. The van der Waals surface area contributed by atoms with Gasteiger partial charge in [-0.2, -0.15) is 5.10 Å². The maximum absolute atomic E-state index is 11.2. The molecule has 0 amide bonds. The zero-order valence-electron chi connectivity index (χ0n) is 8.05. The highest BCUT2D eigenvalue weighted by Crippen LogP contribution is 2.04. The molecule has 5 heteroatoms. The molecule has 0 spiro atoms. The summed E-state index contributed by atoms with van der Waals surface area (Å²) >= 11 is 0. The SMILES string of the molecule is O=c1[nH]ncn1Cc1ccc(CO)cc1. The fraction of sp³-hybridized carbons (Fsp3) is 0.200. The van der Waals surface area contributed by atoms with E-state index in [1.165, 1.54) is 10.9 Å². The molecule has 1 aromatic carbocycles. The minimum Gasteiger partial charge on any atom is -0.392 e. The number of aliphatic hydroxyl groups excluding tert-OH is 1. The van der Waals surface area contributed by atoms with E-state index >= 15 is 0 Å². The van der Waals surface area contributed by atoms with Crippen molar-refractivity contribution >= 4 is 0 Å². The third-order valence-electron chi connectivity index (χ3n) is 2.18. The predicted octanol–water partition coefficient (Wildman–Crippen LogP) is 0.112. The van der Waals surface area contributed by atoms with Gasteiger partial charge < -0.3 is 5.11 Å². The van der Waals surface area contributed by atoms with Gasteiger partial charge in [-0.3, -0.25) is 4.57 Å². The Morgan fingerprint density at radius 3 is 2.47 bits per heavy atom. The average molecular weight is 205 g/mol. The Kier molecular flexibility index (Phi) is 2.64. The number of hydrogen-bond acceptors (Lipinski definition) is 3. The lowest BCUT2D eigenvalue weighted by Gasteiger charge is -2.01. The standard InChI is InChI=1S/C10H11N3O2/c14-6-9-3-1-8(2-4-9)5-13-7-11-12-10(13)15/h1-4,7,14H,5-6H2,(H,12,15). The highest BCUT2D eigenvalue weighted by atomic mass is 16.3. The second-order valence-corrected chi connectivity index (χ2v) is 3.26.